The lowest BCUT2D eigenvalue weighted by Crippen LogP contribution is -2.41. The quantitative estimate of drug-likeness (QED) is 0.772. The van der Waals surface area contributed by atoms with Crippen molar-refractivity contribution in [2.24, 2.45) is 0 Å². The van der Waals surface area contributed by atoms with Crippen LogP contribution in [-0.2, 0) is 11.2 Å². The summed E-state index contributed by atoms with van der Waals surface area (Å²) in [5.41, 5.74) is 0.709. The number of terminal acetylenes is 1. The van der Waals surface area contributed by atoms with Crippen LogP contribution in [0.1, 0.15) is 32.3 Å². The van der Waals surface area contributed by atoms with Crippen LogP contribution in [0.3, 0.4) is 0 Å². The van der Waals surface area contributed by atoms with Crippen LogP contribution in [0.4, 0.5) is 0 Å². The van der Waals surface area contributed by atoms with Crippen LogP contribution in [0, 0.1) is 12.3 Å². The monoisotopic (exact) mass is 229 g/mol. The van der Waals surface area contributed by atoms with E-state index in [1.165, 1.54) is 5.56 Å². The van der Waals surface area contributed by atoms with Crippen LogP contribution >= 0.6 is 0 Å². The Bertz CT molecular complexity index is 401. The SMILES string of the molecule is C#CC(C)(C)NC(=O)CCCc1ccccc1. The smallest absolute Gasteiger partial charge is 0.221 e. The van der Waals surface area contributed by atoms with E-state index in [0.717, 1.165) is 12.8 Å². The van der Waals surface area contributed by atoms with Gasteiger partial charge in [0.15, 0.2) is 0 Å². The summed E-state index contributed by atoms with van der Waals surface area (Å²) in [6.07, 6.45) is 7.59. The Labute approximate surface area is 103 Å². The van der Waals surface area contributed by atoms with E-state index in [1.54, 1.807) is 0 Å². The molecule has 90 valence electrons. The van der Waals surface area contributed by atoms with Gasteiger partial charge < -0.3 is 5.32 Å². The van der Waals surface area contributed by atoms with Crippen molar-refractivity contribution < 1.29 is 4.79 Å². The van der Waals surface area contributed by atoms with E-state index in [4.69, 9.17) is 6.42 Å². The van der Waals surface area contributed by atoms with Crippen LogP contribution in [0.15, 0.2) is 30.3 Å². The molecule has 1 aromatic carbocycles. The summed E-state index contributed by atoms with van der Waals surface area (Å²) in [6.45, 7) is 3.64. The largest absolute Gasteiger partial charge is 0.340 e. The summed E-state index contributed by atoms with van der Waals surface area (Å²) in [4.78, 5) is 11.6. The van der Waals surface area contributed by atoms with E-state index in [-0.39, 0.29) is 5.91 Å². The Kier molecular flexibility index (Phi) is 4.78. The van der Waals surface area contributed by atoms with Gasteiger partial charge in [0.1, 0.15) is 0 Å². The first-order valence-corrected chi connectivity index (χ1v) is 5.86. The highest BCUT2D eigenvalue weighted by Crippen LogP contribution is 2.06. The average molecular weight is 229 g/mol. The first-order chi connectivity index (χ1) is 8.03. The molecule has 1 amide bonds. The summed E-state index contributed by atoms with van der Waals surface area (Å²) in [5.74, 6) is 2.57. The first kappa shape index (κ1) is 13.3. The van der Waals surface area contributed by atoms with Crippen molar-refractivity contribution in [3.8, 4) is 12.3 Å². The molecule has 0 aromatic heterocycles. The summed E-state index contributed by atoms with van der Waals surface area (Å²) in [6, 6.07) is 10.2. The molecule has 0 aliphatic rings. The van der Waals surface area contributed by atoms with E-state index in [1.807, 2.05) is 32.0 Å². The Morgan fingerprint density at radius 3 is 2.59 bits per heavy atom. The molecule has 1 aromatic rings. The van der Waals surface area contributed by atoms with Gasteiger partial charge in [0.05, 0.1) is 5.54 Å². The third-order valence-electron chi connectivity index (χ3n) is 2.52. The third kappa shape index (κ3) is 5.21. The molecule has 0 fully saturated rings. The normalized spacial score (nSPS) is 10.6. The highest BCUT2D eigenvalue weighted by molar-refractivity contribution is 5.77. The Morgan fingerprint density at radius 1 is 1.35 bits per heavy atom. The summed E-state index contributed by atoms with van der Waals surface area (Å²) in [7, 11) is 0. The number of carbonyl (C=O) groups excluding carboxylic acids is 1. The lowest BCUT2D eigenvalue weighted by Gasteiger charge is -2.19. The second-order valence-corrected chi connectivity index (χ2v) is 4.66. The van der Waals surface area contributed by atoms with Crippen molar-refractivity contribution in [1.82, 2.24) is 5.32 Å². The van der Waals surface area contributed by atoms with Gasteiger partial charge in [0.2, 0.25) is 5.91 Å². The van der Waals surface area contributed by atoms with Gasteiger partial charge in [-0.05, 0) is 32.3 Å². The lowest BCUT2D eigenvalue weighted by molar-refractivity contribution is -0.122. The minimum Gasteiger partial charge on any atom is -0.340 e. The van der Waals surface area contributed by atoms with E-state index in [0.29, 0.717) is 6.42 Å². The van der Waals surface area contributed by atoms with Gasteiger partial charge in [-0.15, -0.1) is 6.42 Å². The van der Waals surface area contributed by atoms with Gasteiger partial charge in [-0.3, -0.25) is 4.79 Å². The molecule has 0 unspecified atom stereocenters. The molecule has 0 spiro atoms. The van der Waals surface area contributed by atoms with Crippen molar-refractivity contribution in [3.05, 3.63) is 35.9 Å². The van der Waals surface area contributed by atoms with Crippen LogP contribution in [0.2, 0.25) is 0 Å². The number of aryl methyl sites for hydroxylation is 1. The van der Waals surface area contributed by atoms with Crippen LogP contribution in [0.5, 0.6) is 0 Å². The molecule has 0 saturated heterocycles. The molecule has 0 radical (unpaired) electrons. The number of nitrogens with one attached hydrogen (secondary N) is 1. The zero-order valence-corrected chi connectivity index (χ0v) is 10.5. The Balaban J connectivity index is 2.28. The van der Waals surface area contributed by atoms with Gasteiger partial charge in [-0.1, -0.05) is 36.3 Å². The molecule has 0 heterocycles. The maximum absolute atomic E-state index is 11.6. The average Bonchev–Trinajstić information content (AvgIpc) is 2.30. The topological polar surface area (TPSA) is 29.1 Å². The second kappa shape index (κ2) is 6.10. The predicted molar refractivity (Wildman–Crippen MR) is 70.4 cm³/mol. The fourth-order valence-electron chi connectivity index (χ4n) is 1.54. The van der Waals surface area contributed by atoms with Crippen LogP contribution < -0.4 is 5.32 Å². The lowest BCUT2D eigenvalue weighted by atomic mass is 10.1. The molecule has 2 heteroatoms. The molecule has 0 bridgehead atoms. The number of amides is 1. The van der Waals surface area contributed by atoms with E-state index < -0.39 is 5.54 Å². The number of benzene rings is 1. The standard InChI is InChI=1S/C15H19NO/c1-4-15(2,3)16-14(17)12-8-11-13-9-6-5-7-10-13/h1,5-7,9-10H,8,11-12H2,2-3H3,(H,16,17). The van der Waals surface area contributed by atoms with E-state index in [9.17, 15) is 4.79 Å². The van der Waals surface area contributed by atoms with E-state index in [2.05, 4.69) is 23.4 Å². The summed E-state index contributed by atoms with van der Waals surface area (Å²) >= 11 is 0. The summed E-state index contributed by atoms with van der Waals surface area (Å²) < 4.78 is 0. The fraction of sp³-hybridized carbons (Fsp3) is 0.400. The van der Waals surface area contributed by atoms with Crippen molar-refractivity contribution in [2.45, 2.75) is 38.6 Å². The second-order valence-electron chi connectivity index (χ2n) is 4.66. The Morgan fingerprint density at radius 2 is 2.00 bits per heavy atom. The van der Waals surface area contributed by atoms with Gasteiger partial charge in [-0.25, -0.2) is 0 Å². The molecular formula is C15H19NO. The maximum atomic E-state index is 11.6. The van der Waals surface area contributed by atoms with Gasteiger partial charge >= 0.3 is 0 Å². The van der Waals surface area contributed by atoms with Crippen molar-refractivity contribution in [1.29, 1.82) is 0 Å². The summed E-state index contributed by atoms with van der Waals surface area (Å²) in [5, 5.41) is 2.82. The zero-order valence-electron chi connectivity index (χ0n) is 10.5. The molecule has 0 aliphatic heterocycles. The molecule has 1 N–H and O–H groups in total. The molecular weight excluding hydrogens is 210 g/mol. The van der Waals surface area contributed by atoms with Gasteiger partial charge in [0, 0.05) is 6.42 Å². The third-order valence-corrected chi connectivity index (χ3v) is 2.52. The van der Waals surface area contributed by atoms with Crippen molar-refractivity contribution in [3.63, 3.8) is 0 Å². The first-order valence-electron chi connectivity index (χ1n) is 5.86. The van der Waals surface area contributed by atoms with Gasteiger partial charge in [-0.2, -0.15) is 0 Å². The maximum Gasteiger partial charge on any atom is 0.221 e. The van der Waals surface area contributed by atoms with E-state index >= 15 is 0 Å². The number of hydrogen-bond donors (Lipinski definition) is 1. The zero-order chi connectivity index (χ0) is 12.7. The van der Waals surface area contributed by atoms with Crippen LogP contribution in [0.25, 0.3) is 0 Å². The van der Waals surface area contributed by atoms with Crippen molar-refractivity contribution >= 4 is 5.91 Å². The molecule has 0 saturated carbocycles. The number of rotatable bonds is 5. The highest BCUT2D eigenvalue weighted by Gasteiger charge is 2.16. The fourth-order valence-corrected chi connectivity index (χ4v) is 1.54. The molecule has 2 nitrogen and oxygen atoms in total. The van der Waals surface area contributed by atoms with Gasteiger partial charge in [0.25, 0.3) is 0 Å². The highest BCUT2D eigenvalue weighted by atomic mass is 16.1. The van der Waals surface area contributed by atoms with Crippen molar-refractivity contribution in [2.75, 3.05) is 0 Å². The minimum atomic E-state index is -0.552. The number of carbonyl (C=O) groups is 1. The van der Waals surface area contributed by atoms with Crippen LogP contribution in [-0.4, -0.2) is 11.4 Å². The predicted octanol–water partition coefficient (Wildman–Crippen LogP) is 2.54. The molecule has 0 atom stereocenters. The minimum absolute atomic E-state index is 0.0175. The Hall–Kier alpha value is -1.75. The molecule has 0 aliphatic carbocycles. The molecule has 1 rings (SSSR count). The number of hydrogen-bond acceptors (Lipinski definition) is 1. The molecule has 17 heavy (non-hydrogen) atoms.